The second kappa shape index (κ2) is 8.85. The topological polar surface area (TPSA) is 144 Å². The lowest BCUT2D eigenvalue weighted by atomic mass is 9.78. The van der Waals surface area contributed by atoms with Gasteiger partial charge in [0.15, 0.2) is 0 Å². The van der Waals surface area contributed by atoms with Gasteiger partial charge in [0.05, 0.1) is 28.2 Å². The Balaban J connectivity index is 1.71. The molecule has 1 fully saturated rings. The molecule has 1 aliphatic carbocycles. The summed E-state index contributed by atoms with van der Waals surface area (Å²) in [5.74, 6) is -3.06. The van der Waals surface area contributed by atoms with E-state index < -0.39 is 39.4 Å². The summed E-state index contributed by atoms with van der Waals surface area (Å²) in [6.45, 7) is 1.63. The quantitative estimate of drug-likeness (QED) is 0.276. The van der Waals surface area contributed by atoms with Crippen molar-refractivity contribution in [3.05, 3.63) is 92.0 Å². The van der Waals surface area contributed by atoms with Crippen molar-refractivity contribution in [1.82, 2.24) is 10.0 Å². The maximum Gasteiger partial charge on any atom is 0.273 e. The second-order valence-corrected chi connectivity index (χ2v) is 8.23. The average molecular weight is 464 g/mol. The Morgan fingerprint density at radius 1 is 0.971 bits per heavy atom. The Kier molecular flexibility index (Phi) is 5.93. The van der Waals surface area contributed by atoms with Gasteiger partial charge in [-0.25, -0.2) is 5.01 Å². The van der Waals surface area contributed by atoms with Gasteiger partial charge in [-0.15, -0.1) is 0 Å². The van der Waals surface area contributed by atoms with E-state index in [0.717, 1.165) is 22.2 Å². The number of benzene rings is 2. The maximum absolute atomic E-state index is 13.5. The fraction of sp³-hybridized carbons (Fsp3) is 0.261. The van der Waals surface area contributed by atoms with E-state index in [-0.39, 0.29) is 29.4 Å². The van der Waals surface area contributed by atoms with Gasteiger partial charge in [0.25, 0.3) is 29.1 Å². The minimum atomic E-state index is -0.700. The molecule has 11 heteroatoms. The molecule has 3 amide bonds. The highest BCUT2D eigenvalue weighted by Gasteiger charge is 2.53. The van der Waals surface area contributed by atoms with E-state index in [1.165, 1.54) is 36.4 Å². The van der Waals surface area contributed by atoms with Gasteiger partial charge in [0.1, 0.15) is 0 Å². The summed E-state index contributed by atoms with van der Waals surface area (Å²) in [6.07, 6.45) is 4.10. The molecule has 11 nitrogen and oxygen atoms in total. The zero-order valence-corrected chi connectivity index (χ0v) is 18.1. The molecule has 0 bridgehead atoms. The highest BCUT2D eigenvalue weighted by Crippen LogP contribution is 2.39. The zero-order valence-electron chi connectivity index (χ0n) is 18.1. The van der Waals surface area contributed by atoms with Crippen molar-refractivity contribution in [2.24, 2.45) is 17.8 Å². The van der Waals surface area contributed by atoms with Crippen LogP contribution in [0.3, 0.4) is 0 Å². The number of non-ortho nitro benzene ring substituents is 2. The van der Waals surface area contributed by atoms with Crippen LogP contribution in [-0.2, 0) is 16.1 Å². The van der Waals surface area contributed by atoms with Crippen molar-refractivity contribution in [2.75, 3.05) is 0 Å². The fourth-order valence-corrected chi connectivity index (χ4v) is 4.37. The lowest BCUT2D eigenvalue weighted by Gasteiger charge is -2.31. The first-order valence-corrected chi connectivity index (χ1v) is 10.5. The van der Waals surface area contributed by atoms with Crippen molar-refractivity contribution in [2.45, 2.75) is 19.9 Å². The number of carbonyl (C=O) groups is 3. The number of imide groups is 1. The molecule has 0 unspecified atom stereocenters. The molecule has 2 aromatic rings. The van der Waals surface area contributed by atoms with Gasteiger partial charge in [-0.05, 0) is 30.0 Å². The number of hydrogen-bond donors (Lipinski definition) is 0. The van der Waals surface area contributed by atoms with Crippen molar-refractivity contribution in [1.29, 1.82) is 0 Å². The van der Waals surface area contributed by atoms with Crippen LogP contribution < -0.4 is 0 Å². The standard InChI is InChI=1S/C23H20N4O7/c1-14-3-2-4-19-20(14)23(30)25(22(19)29)24(13-15-5-9-17(10-6-15)26(31)32)21(28)16-7-11-18(12-8-16)27(33)34/h2-3,5-12,14,19-20H,4,13H2,1H3/t14-,19-,20+/m1/s1. The van der Waals surface area contributed by atoms with Gasteiger partial charge in [0.2, 0.25) is 0 Å². The van der Waals surface area contributed by atoms with E-state index in [1.807, 2.05) is 19.1 Å². The largest absolute Gasteiger partial charge is 0.273 e. The van der Waals surface area contributed by atoms with Crippen LogP contribution in [0.4, 0.5) is 11.4 Å². The van der Waals surface area contributed by atoms with Crippen LogP contribution in [0.25, 0.3) is 0 Å². The third-order valence-electron chi connectivity index (χ3n) is 6.13. The predicted octanol–water partition coefficient (Wildman–Crippen LogP) is 3.26. The first-order chi connectivity index (χ1) is 16.2. The molecule has 2 aliphatic rings. The van der Waals surface area contributed by atoms with Crippen molar-refractivity contribution < 1.29 is 24.2 Å². The lowest BCUT2D eigenvalue weighted by molar-refractivity contribution is -0.385. The molecule has 1 saturated heterocycles. The predicted molar refractivity (Wildman–Crippen MR) is 118 cm³/mol. The minimum Gasteiger partial charge on any atom is -0.272 e. The van der Waals surface area contributed by atoms with Crippen molar-refractivity contribution >= 4 is 29.1 Å². The molecule has 0 aromatic heterocycles. The number of hydrogen-bond acceptors (Lipinski definition) is 7. The lowest BCUT2D eigenvalue weighted by Crippen LogP contribution is -2.50. The summed E-state index contributed by atoms with van der Waals surface area (Å²) in [5, 5.41) is 23.8. The number of hydrazine groups is 1. The number of amides is 3. The molecule has 2 aromatic carbocycles. The summed E-state index contributed by atoms with van der Waals surface area (Å²) >= 11 is 0. The monoisotopic (exact) mass is 464 g/mol. The smallest absolute Gasteiger partial charge is 0.272 e. The van der Waals surface area contributed by atoms with Crippen LogP contribution in [0.2, 0.25) is 0 Å². The molecule has 0 spiro atoms. The SMILES string of the molecule is C[C@@H]1C=CC[C@H]2C(=O)N(N(Cc3ccc([N+](=O)[O-])cc3)C(=O)c3ccc([N+](=O)[O-])cc3)C(=O)[C@@H]12. The van der Waals surface area contributed by atoms with Crippen LogP contribution in [0.1, 0.15) is 29.3 Å². The summed E-state index contributed by atoms with van der Waals surface area (Å²) < 4.78 is 0. The summed E-state index contributed by atoms with van der Waals surface area (Å²) in [6, 6.07) is 10.3. The van der Waals surface area contributed by atoms with Crippen molar-refractivity contribution in [3.63, 3.8) is 0 Å². The highest BCUT2D eigenvalue weighted by atomic mass is 16.6. The molecule has 0 N–H and O–H groups in total. The van der Waals surface area contributed by atoms with Crippen LogP contribution in [0.5, 0.6) is 0 Å². The molecular weight excluding hydrogens is 444 g/mol. The number of nitrogens with zero attached hydrogens (tertiary/aromatic N) is 4. The molecule has 174 valence electrons. The van der Waals surface area contributed by atoms with Crippen LogP contribution in [-0.4, -0.2) is 37.6 Å². The third-order valence-corrected chi connectivity index (χ3v) is 6.13. The Bertz CT molecular complexity index is 1210. The normalized spacial score (nSPS) is 21.3. The molecule has 3 atom stereocenters. The van der Waals surface area contributed by atoms with E-state index in [0.29, 0.717) is 12.0 Å². The van der Waals surface area contributed by atoms with Crippen LogP contribution >= 0.6 is 0 Å². The van der Waals surface area contributed by atoms with E-state index in [9.17, 15) is 34.6 Å². The molecule has 1 aliphatic heterocycles. The summed E-state index contributed by atoms with van der Waals surface area (Å²) in [7, 11) is 0. The molecule has 0 saturated carbocycles. The minimum absolute atomic E-state index is 0.0501. The first-order valence-electron chi connectivity index (χ1n) is 10.5. The Morgan fingerprint density at radius 3 is 2.06 bits per heavy atom. The second-order valence-electron chi connectivity index (χ2n) is 8.23. The van der Waals surface area contributed by atoms with Gasteiger partial charge in [-0.1, -0.05) is 31.2 Å². The van der Waals surface area contributed by atoms with E-state index in [4.69, 9.17) is 0 Å². The number of nitro benzene ring substituents is 2. The van der Waals surface area contributed by atoms with Gasteiger partial charge >= 0.3 is 0 Å². The fourth-order valence-electron chi connectivity index (χ4n) is 4.37. The Hall–Kier alpha value is -4.41. The highest BCUT2D eigenvalue weighted by molar-refractivity contribution is 6.08. The number of allylic oxidation sites excluding steroid dienone is 2. The first kappa shape index (κ1) is 22.8. The van der Waals surface area contributed by atoms with Crippen LogP contribution in [0.15, 0.2) is 60.7 Å². The van der Waals surface area contributed by atoms with Gasteiger partial charge in [-0.3, -0.25) is 34.6 Å². The maximum atomic E-state index is 13.5. The van der Waals surface area contributed by atoms with E-state index in [1.54, 1.807) is 0 Å². The summed E-state index contributed by atoms with van der Waals surface area (Å²) in [5.41, 5.74) is 0.158. The molecule has 34 heavy (non-hydrogen) atoms. The van der Waals surface area contributed by atoms with Gasteiger partial charge in [-0.2, -0.15) is 5.01 Å². The number of carbonyl (C=O) groups excluding carboxylic acids is 3. The third kappa shape index (κ3) is 4.03. The summed E-state index contributed by atoms with van der Waals surface area (Å²) in [4.78, 5) is 60.8. The molecular formula is C23H20N4O7. The number of nitro groups is 2. The van der Waals surface area contributed by atoms with Gasteiger partial charge in [0, 0.05) is 29.8 Å². The molecule has 1 heterocycles. The average Bonchev–Trinajstić information content (AvgIpc) is 3.08. The Labute approximate surface area is 193 Å². The Morgan fingerprint density at radius 2 is 1.53 bits per heavy atom. The van der Waals surface area contributed by atoms with Crippen LogP contribution in [0, 0.1) is 38.0 Å². The van der Waals surface area contributed by atoms with Gasteiger partial charge < -0.3 is 0 Å². The molecule has 4 rings (SSSR count). The van der Waals surface area contributed by atoms with Crippen molar-refractivity contribution in [3.8, 4) is 0 Å². The number of rotatable bonds is 6. The van der Waals surface area contributed by atoms with E-state index >= 15 is 0 Å². The zero-order chi connectivity index (χ0) is 24.6. The van der Waals surface area contributed by atoms with E-state index in [2.05, 4.69) is 0 Å². The number of fused-ring (bicyclic) bond motifs is 1. The molecule has 0 radical (unpaired) electrons.